The van der Waals surface area contributed by atoms with E-state index in [2.05, 4.69) is 33.2 Å². The van der Waals surface area contributed by atoms with Crippen molar-refractivity contribution in [3.63, 3.8) is 0 Å². The van der Waals surface area contributed by atoms with Crippen molar-refractivity contribution < 1.29 is 36.9 Å². The van der Waals surface area contributed by atoms with Crippen LogP contribution in [0, 0.1) is 11.6 Å². The molecule has 0 aliphatic carbocycles. The van der Waals surface area contributed by atoms with Gasteiger partial charge >= 0.3 is 6.61 Å². The van der Waals surface area contributed by atoms with E-state index in [0.717, 1.165) is 18.2 Å². The van der Waals surface area contributed by atoms with Gasteiger partial charge in [-0.2, -0.15) is 8.78 Å². The molecular formula is C32H36F4N4O4. The van der Waals surface area contributed by atoms with E-state index in [1.807, 2.05) is 0 Å². The number of aliphatic imine (C=N–C) groups is 2. The van der Waals surface area contributed by atoms with Gasteiger partial charge in [-0.3, -0.25) is 15.1 Å². The second kappa shape index (κ2) is 15.7. The molecule has 0 radical (unpaired) electrons. The van der Waals surface area contributed by atoms with Crippen molar-refractivity contribution in [1.29, 1.82) is 0 Å². The third-order valence-corrected chi connectivity index (χ3v) is 6.44. The number of guanidine groups is 1. The smallest absolute Gasteiger partial charge is 0.387 e. The maximum absolute atomic E-state index is 15.6. The summed E-state index contributed by atoms with van der Waals surface area (Å²) in [6, 6.07) is 7.86. The summed E-state index contributed by atoms with van der Waals surface area (Å²) in [6.07, 6.45) is 2.86. The van der Waals surface area contributed by atoms with Gasteiger partial charge in [0, 0.05) is 42.7 Å². The van der Waals surface area contributed by atoms with Gasteiger partial charge in [0.05, 0.1) is 18.4 Å². The Balaban J connectivity index is 2.82. The zero-order valence-corrected chi connectivity index (χ0v) is 25.4. The van der Waals surface area contributed by atoms with Crippen molar-refractivity contribution in [3.05, 3.63) is 113 Å². The fraction of sp³-hybridized carbons (Fsp3) is 0.281. The highest BCUT2D eigenvalue weighted by molar-refractivity contribution is 6.08. The van der Waals surface area contributed by atoms with Gasteiger partial charge in [0.1, 0.15) is 23.1 Å². The second-order valence-electron chi connectivity index (χ2n) is 9.36. The molecule has 1 amide bonds. The summed E-state index contributed by atoms with van der Waals surface area (Å²) in [5, 5.41) is 14.8. The van der Waals surface area contributed by atoms with E-state index >= 15 is 8.78 Å². The molecule has 12 heteroatoms. The van der Waals surface area contributed by atoms with Crippen LogP contribution in [0.3, 0.4) is 0 Å². The van der Waals surface area contributed by atoms with Crippen LogP contribution in [-0.2, 0) is 15.1 Å². The number of ether oxygens (including phenoxy) is 2. The summed E-state index contributed by atoms with van der Waals surface area (Å²) in [6.45, 7) is 11.5. The van der Waals surface area contributed by atoms with Crippen LogP contribution in [0.2, 0.25) is 0 Å². The predicted octanol–water partition coefficient (Wildman–Crippen LogP) is 6.21. The van der Waals surface area contributed by atoms with Crippen LogP contribution in [0.25, 0.3) is 0 Å². The summed E-state index contributed by atoms with van der Waals surface area (Å²) < 4.78 is 66.1. The first-order valence-electron chi connectivity index (χ1n) is 13.3. The highest BCUT2D eigenvalue weighted by Crippen LogP contribution is 2.42. The molecule has 8 nitrogen and oxygen atoms in total. The lowest BCUT2D eigenvalue weighted by molar-refractivity contribution is -0.116. The number of nitrogens with one attached hydrogen (secondary N) is 1. The van der Waals surface area contributed by atoms with Gasteiger partial charge in [0.2, 0.25) is 5.96 Å². The predicted molar refractivity (Wildman–Crippen MR) is 162 cm³/mol. The first-order chi connectivity index (χ1) is 20.8. The quantitative estimate of drug-likeness (QED) is 0.0739. The maximum atomic E-state index is 15.6. The molecule has 0 saturated carbocycles. The number of aliphatic hydroxyl groups is 1. The Morgan fingerprint density at radius 3 is 2.27 bits per heavy atom. The lowest BCUT2D eigenvalue weighted by Gasteiger charge is -2.39. The minimum atomic E-state index is -3.22. The Morgan fingerprint density at radius 1 is 1.14 bits per heavy atom. The Morgan fingerprint density at radius 2 is 1.77 bits per heavy atom. The summed E-state index contributed by atoms with van der Waals surface area (Å²) in [5.41, 5.74) is -2.75. The number of hydrogen-bond donors (Lipinski definition) is 2. The summed E-state index contributed by atoms with van der Waals surface area (Å²) in [4.78, 5) is 22.7. The normalized spacial score (nSPS) is 13.4. The first kappa shape index (κ1) is 35.5. The summed E-state index contributed by atoms with van der Waals surface area (Å²) in [5.74, 6) is -3.22. The van der Waals surface area contributed by atoms with Crippen molar-refractivity contribution in [3.8, 4) is 5.75 Å². The number of rotatable bonds is 12. The number of alkyl halides is 2. The van der Waals surface area contributed by atoms with Crippen LogP contribution in [0.1, 0.15) is 38.8 Å². The van der Waals surface area contributed by atoms with Gasteiger partial charge in [-0.05, 0) is 52.0 Å². The number of amides is 1. The van der Waals surface area contributed by atoms with Crippen LogP contribution in [-0.4, -0.2) is 55.4 Å². The van der Waals surface area contributed by atoms with Gasteiger partial charge in [-0.15, -0.1) is 0 Å². The van der Waals surface area contributed by atoms with E-state index < -0.39 is 41.1 Å². The third-order valence-electron chi connectivity index (χ3n) is 6.44. The fourth-order valence-electron chi connectivity index (χ4n) is 4.33. The number of halogens is 4. The Labute approximate surface area is 254 Å². The molecule has 0 aliphatic heterocycles. The first-order valence-corrected chi connectivity index (χ1v) is 13.3. The van der Waals surface area contributed by atoms with Crippen molar-refractivity contribution in [2.45, 2.75) is 39.9 Å². The van der Waals surface area contributed by atoms with Gasteiger partial charge in [0.25, 0.3) is 5.91 Å². The zero-order valence-electron chi connectivity index (χ0n) is 25.4. The molecule has 236 valence electrons. The second-order valence-corrected chi connectivity index (χ2v) is 9.36. The lowest BCUT2D eigenvalue weighted by atomic mass is 9.82. The van der Waals surface area contributed by atoms with E-state index in [1.54, 1.807) is 27.7 Å². The average molecular weight is 617 g/mol. The molecule has 0 aromatic heterocycles. The van der Waals surface area contributed by atoms with Crippen molar-refractivity contribution in [1.82, 2.24) is 10.2 Å². The fourth-order valence-corrected chi connectivity index (χ4v) is 4.33. The minimum Gasteiger partial charge on any atom is -0.497 e. The number of methoxy groups -OCH3 is 1. The van der Waals surface area contributed by atoms with Crippen molar-refractivity contribution >= 4 is 18.1 Å². The van der Waals surface area contributed by atoms with Gasteiger partial charge < -0.3 is 19.5 Å². The number of hydrogen-bond acceptors (Lipinski definition) is 6. The molecule has 1 atom stereocenters. The van der Waals surface area contributed by atoms with E-state index in [4.69, 9.17) is 4.74 Å². The van der Waals surface area contributed by atoms with Gasteiger partial charge in [0.15, 0.2) is 5.60 Å². The highest BCUT2D eigenvalue weighted by atomic mass is 19.3. The van der Waals surface area contributed by atoms with Crippen LogP contribution in [0.15, 0.2) is 100.0 Å². The van der Waals surface area contributed by atoms with Crippen molar-refractivity contribution in [2.75, 3.05) is 20.7 Å². The topological polar surface area (TPSA) is 95.8 Å². The standard InChI is InChI=1S/C32H36F4N4O4/c1-9-38-31(37-7)39-29(41)23(20(5)43-8)18-28(19(3)4)40(10-2)21(6)32(42,24-13-11-12-14-26(24)33)25-16-15-22(17-27(25)34)44-30(35)36/h9,11-18,30,42H,5-6,10H2,1-4,7-8H3,(H,37,39,41)/b23-18+,38-9-. The Bertz CT molecular complexity index is 1510. The summed E-state index contributed by atoms with van der Waals surface area (Å²) in [7, 11) is 2.76. The summed E-state index contributed by atoms with van der Waals surface area (Å²) >= 11 is 0. The molecule has 0 heterocycles. The molecule has 0 aliphatic rings. The van der Waals surface area contributed by atoms with E-state index in [0.29, 0.717) is 17.3 Å². The van der Waals surface area contributed by atoms with E-state index in [1.165, 1.54) is 49.5 Å². The number of carbonyl (C=O) groups excluding carboxylic acids is 1. The van der Waals surface area contributed by atoms with Crippen LogP contribution in [0.5, 0.6) is 5.75 Å². The largest absolute Gasteiger partial charge is 0.497 e. The number of nitrogens with zero attached hydrogens (tertiary/aromatic N) is 3. The molecular weight excluding hydrogens is 580 g/mol. The number of benzene rings is 2. The number of allylic oxidation sites excluding steroid dienone is 2. The monoisotopic (exact) mass is 616 g/mol. The SMILES string of the molecule is C=C(OC)/C(=C\C(=C(C)C)N(CC)C(=C)C(O)(c1ccccc1F)c1ccc(OC(F)F)cc1F)C(=O)NC(=NC)/N=C\C. The lowest BCUT2D eigenvalue weighted by Crippen LogP contribution is -2.40. The zero-order chi connectivity index (χ0) is 33.2. The van der Waals surface area contributed by atoms with Gasteiger partial charge in [-0.25, -0.2) is 13.8 Å². The van der Waals surface area contributed by atoms with Crippen molar-refractivity contribution in [2.24, 2.45) is 9.98 Å². The molecule has 0 fully saturated rings. The number of carbonyl (C=O) groups is 1. The van der Waals surface area contributed by atoms with E-state index in [9.17, 15) is 18.7 Å². The van der Waals surface area contributed by atoms with Crippen LogP contribution in [0.4, 0.5) is 17.6 Å². The Hall–Kier alpha value is -4.71. The molecule has 44 heavy (non-hydrogen) atoms. The average Bonchev–Trinajstić information content (AvgIpc) is 2.97. The molecule has 2 aromatic rings. The molecule has 0 bridgehead atoms. The molecule has 0 saturated heterocycles. The molecule has 2 rings (SSSR count). The molecule has 2 N–H and O–H groups in total. The third kappa shape index (κ3) is 8.01. The van der Waals surface area contributed by atoms with Crippen LogP contribution < -0.4 is 10.1 Å². The number of likely N-dealkylation sites (N-methyl/N-ethyl adjacent to an activating group) is 1. The Kier molecular flexibility index (Phi) is 12.6. The van der Waals surface area contributed by atoms with E-state index in [-0.39, 0.29) is 35.1 Å². The minimum absolute atomic E-state index is 0.0199. The molecule has 2 aromatic carbocycles. The highest BCUT2D eigenvalue weighted by Gasteiger charge is 2.42. The molecule has 0 spiro atoms. The molecule has 1 unspecified atom stereocenters. The maximum Gasteiger partial charge on any atom is 0.387 e. The van der Waals surface area contributed by atoms with Gasteiger partial charge in [-0.1, -0.05) is 36.9 Å². The van der Waals surface area contributed by atoms with Crippen LogP contribution >= 0.6 is 0 Å².